The molecule has 8 heteroatoms. The van der Waals surface area contributed by atoms with Crippen molar-refractivity contribution in [2.75, 3.05) is 18.4 Å². The molecule has 0 radical (unpaired) electrons. The van der Waals surface area contributed by atoms with Gasteiger partial charge in [0.2, 0.25) is 15.9 Å². The maximum atomic E-state index is 13.3. The van der Waals surface area contributed by atoms with Gasteiger partial charge in [0, 0.05) is 25.1 Å². The molecule has 0 bridgehead atoms. The quantitative estimate of drug-likeness (QED) is 0.772. The summed E-state index contributed by atoms with van der Waals surface area (Å²) < 4.78 is 29.9. The van der Waals surface area contributed by atoms with Crippen LogP contribution in [0.4, 0.5) is 5.82 Å². The van der Waals surface area contributed by atoms with Crippen LogP contribution in [0.5, 0.6) is 0 Å². The molecular formula is C23H34N4O3S. The monoisotopic (exact) mass is 446 g/mol. The van der Waals surface area contributed by atoms with E-state index in [0.29, 0.717) is 36.6 Å². The molecule has 0 saturated carbocycles. The van der Waals surface area contributed by atoms with Gasteiger partial charge in [0.15, 0.2) is 0 Å². The number of aryl methyl sites for hydroxylation is 4. The van der Waals surface area contributed by atoms with Gasteiger partial charge in [-0.2, -0.15) is 9.40 Å². The van der Waals surface area contributed by atoms with E-state index >= 15 is 0 Å². The van der Waals surface area contributed by atoms with E-state index < -0.39 is 10.0 Å². The van der Waals surface area contributed by atoms with Crippen LogP contribution in [0.1, 0.15) is 56.0 Å². The van der Waals surface area contributed by atoms with Gasteiger partial charge in [-0.15, -0.1) is 0 Å². The highest BCUT2D eigenvalue weighted by Gasteiger charge is 2.34. The normalized spacial score (nSPS) is 16.5. The number of amides is 1. The molecule has 1 aromatic heterocycles. The van der Waals surface area contributed by atoms with E-state index in [1.54, 1.807) is 0 Å². The van der Waals surface area contributed by atoms with Gasteiger partial charge in [-0.05, 0) is 72.4 Å². The van der Waals surface area contributed by atoms with E-state index in [1.807, 2.05) is 71.3 Å². The average Bonchev–Trinajstić information content (AvgIpc) is 3.01. The topological polar surface area (TPSA) is 84.3 Å². The lowest BCUT2D eigenvalue weighted by Crippen LogP contribution is -2.42. The highest BCUT2D eigenvalue weighted by molar-refractivity contribution is 7.89. The summed E-state index contributed by atoms with van der Waals surface area (Å²) in [6.07, 6.45) is 0.995. The van der Waals surface area contributed by atoms with E-state index in [9.17, 15) is 13.2 Å². The fourth-order valence-electron chi connectivity index (χ4n) is 4.39. The van der Waals surface area contributed by atoms with Gasteiger partial charge in [-0.3, -0.25) is 4.79 Å². The molecule has 1 N–H and O–H groups in total. The molecule has 1 aliphatic rings. The Labute approximate surface area is 185 Å². The van der Waals surface area contributed by atoms with Gasteiger partial charge in [0.05, 0.1) is 16.1 Å². The summed E-state index contributed by atoms with van der Waals surface area (Å²) in [6, 6.07) is 5.67. The molecule has 1 saturated heterocycles. The molecule has 0 atom stereocenters. The number of sulfonamides is 1. The Bertz CT molecular complexity index is 1070. The van der Waals surface area contributed by atoms with E-state index in [4.69, 9.17) is 0 Å². The molecule has 1 aromatic carbocycles. The maximum absolute atomic E-state index is 13.3. The molecular weight excluding hydrogens is 412 g/mol. The van der Waals surface area contributed by atoms with Crippen molar-refractivity contribution in [3.05, 3.63) is 40.6 Å². The SMILES string of the molecule is Cc1cc(C)c(S(=O)(=O)N2CCC(C(=O)Nc3cc(C)nn3C(C)(C)C)CC2)c(C)c1. The highest BCUT2D eigenvalue weighted by atomic mass is 32.2. The molecule has 0 spiro atoms. The molecule has 0 unspecified atom stereocenters. The van der Waals surface area contributed by atoms with Crippen LogP contribution in [-0.2, 0) is 20.4 Å². The predicted octanol–water partition coefficient (Wildman–Crippen LogP) is 3.91. The molecule has 1 amide bonds. The fourth-order valence-corrected chi connectivity index (χ4v) is 6.27. The summed E-state index contributed by atoms with van der Waals surface area (Å²) in [6.45, 7) is 14.3. The molecule has 2 aromatic rings. The van der Waals surface area contributed by atoms with Crippen LogP contribution in [-0.4, -0.2) is 41.5 Å². The van der Waals surface area contributed by atoms with Crippen LogP contribution in [0.3, 0.4) is 0 Å². The van der Waals surface area contributed by atoms with Crippen LogP contribution >= 0.6 is 0 Å². The molecule has 2 heterocycles. The molecule has 7 nitrogen and oxygen atoms in total. The molecule has 31 heavy (non-hydrogen) atoms. The minimum Gasteiger partial charge on any atom is -0.311 e. The van der Waals surface area contributed by atoms with Gasteiger partial charge >= 0.3 is 0 Å². The third-order valence-corrected chi connectivity index (χ3v) is 7.95. The standard InChI is InChI=1S/C23H34N4O3S/c1-15-12-16(2)21(17(3)13-15)31(29,30)26-10-8-19(9-11-26)22(28)24-20-14-18(4)25-27(20)23(5,6)7/h12-14,19H,8-11H2,1-7H3,(H,24,28). The Kier molecular flexibility index (Phi) is 6.35. The van der Waals surface area contributed by atoms with Crippen LogP contribution in [0, 0.1) is 33.6 Å². The first-order valence-corrected chi connectivity index (χ1v) is 12.2. The fraction of sp³-hybridized carbons (Fsp3) is 0.565. The van der Waals surface area contributed by atoms with Crippen LogP contribution < -0.4 is 5.32 Å². The van der Waals surface area contributed by atoms with Crippen LogP contribution in [0.15, 0.2) is 23.1 Å². The van der Waals surface area contributed by atoms with Gasteiger partial charge in [-0.1, -0.05) is 17.7 Å². The lowest BCUT2D eigenvalue weighted by atomic mass is 9.97. The number of nitrogens with one attached hydrogen (secondary N) is 1. The van der Waals surface area contributed by atoms with Crippen molar-refractivity contribution in [3.8, 4) is 0 Å². The first-order valence-electron chi connectivity index (χ1n) is 10.8. The van der Waals surface area contributed by atoms with Crippen molar-refractivity contribution in [2.24, 2.45) is 5.92 Å². The molecule has 1 aliphatic heterocycles. The second kappa shape index (κ2) is 8.39. The Balaban J connectivity index is 1.71. The summed E-state index contributed by atoms with van der Waals surface area (Å²) in [4.78, 5) is 13.3. The van der Waals surface area contributed by atoms with Gasteiger partial charge < -0.3 is 5.32 Å². The third kappa shape index (κ3) is 4.85. The number of carbonyl (C=O) groups excluding carboxylic acids is 1. The maximum Gasteiger partial charge on any atom is 0.243 e. The summed E-state index contributed by atoms with van der Waals surface area (Å²) in [5.41, 5.74) is 3.17. The average molecular weight is 447 g/mol. The summed E-state index contributed by atoms with van der Waals surface area (Å²) in [7, 11) is -3.58. The minimum absolute atomic E-state index is 0.0786. The van der Waals surface area contributed by atoms with E-state index in [0.717, 1.165) is 22.4 Å². The zero-order valence-electron chi connectivity index (χ0n) is 19.6. The van der Waals surface area contributed by atoms with Crippen molar-refractivity contribution < 1.29 is 13.2 Å². The number of hydrogen-bond donors (Lipinski definition) is 1. The largest absolute Gasteiger partial charge is 0.311 e. The van der Waals surface area contributed by atoms with Crippen molar-refractivity contribution in [1.29, 1.82) is 0 Å². The van der Waals surface area contributed by atoms with E-state index in [1.165, 1.54) is 4.31 Å². The van der Waals surface area contributed by atoms with Gasteiger partial charge in [0.25, 0.3) is 0 Å². The smallest absolute Gasteiger partial charge is 0.243 e. The van der Waals surface area contributed by atoms with Crippen LogP contribution in [0.25, 0.3) is 0 Å². The first-order chi connectivity index (χ1) is 14.3. The van der Waals surface area contributed by atoms with E-state index in [2.05, 4.69) is 10.4 Å². The highest BCUT2D eigenvalue weighted by Crippen LogP contribution is 2.29. The summed E-state index contributed by atoms with van der Waals surface area (Å²) in [5, 5.41) is 7.51. The van der Waals surface area contributed by atoms with Crippen molar-refractivity contribution in [2.45, 2.75) is 71.7 Å². The van der Waals surface area contributed by atoms with Crippen molar-refractivity contribution >= 4 is 21.7 Å². The number of hydrogen-bond acceptors (Lipinski definition) is 4. The molecule has 1 fully saturated rings. The Hall–Kier alpha value is -2.19. The first kappa shape index (κ1) is 23.5. The molecule has 3 rings (SSSR count). The second-order valence-electron chi connectivity index (χ2n) is 9.65. The number of aromatic nitrogens is 2. The number of benzene rings is 1. The van der Waals surface area contributed by atoms with Gasteiger partial charge in [-0.25, -0.2) is 13.1 Å². The molecule has 170 valence electrons. The van der Waals surface area contributed by atoms with E-state index in [-0.39, 0.29) is 17.4 Å². The zero-order chi connectivity index (χ0) is 23.1. The van der Waals surface area contributed by atoms with Crippen LogP contribution in [0.2, 0.25) is 0 Å². The molecule has 0 aliphatic carbocycles. The number of piperidine rings is 1. The van der Waals surface area contributed by atoms with Crippen molar-refractivity contribution in [3.63, 3.8) is 0 Å². The third-order valence-electron chi connectivity index (χ3n) is 5.75. The predicted molar refractivity (Wildman–Crippen MR) is 123 cm³/mol. The summed E-state index contributed by atoms with van der Waals surface area (Å²) >= 11 is 0. The lowest BCUT2D eigenvalue weighted by molar-refractivity contribution is -0.121. The number of carbonyl (C=O) groups is 1. The number of anilines is 1. The number of rotatable bonds is 4. The second-order valence-corrected chi connectivity index (χ2v) is 11.5. The Morgan fingerprint density at radius 2 is 1.58 bits per heavy atom. The lowest BCUT2D eigenvalue weighted by Gasteiger charge is -2.31. The van der Waals surface area contributed by atoms with Gasteiger partial charge in [0.1, 0.15) is 5.82 Å². The Morgan fingerprint density at radius 1 is 1.03 bits per heavy atom. The minimum atomic E-state index is -3.58. The number of nitrogens with zero attached hydrogens (tertiary/aromatic N) is 3. The Morgan fingerprint density at radius 3 is 2.10 bits per heavy atom. The summed E-state index contributed by atoms with van der Waals surface area (Å²) in [5.74, 6) is 0.372. The zero-order valence-corrected chi connectivity index (χ0v) is 20.4. The van der Waals surface area contributed by atoms with Crippen molar-refractivity contribution in [1.82, 2.24) is 14.1 Å².